The summed E-state index contributed by atoms with van der Waals surface area (Å²) in [5.74, 6) is 0. The van der Waals surface area contributed by atoms with E-state index in [1.807, 2.05) is 11.7 Å². The first-order valence-electron chi connectivity index (χ1n) is 7.61. The predicted molar refractivity (Wildman–Crippen MR) is 77.1 cm³/mol. The second-order valence-electron chi connectivity index (χ2n) is 6.23. The van der Waals surface area contributed by atoms with E-state index in [1.54, 1.807) is 0 Å². The van der Waals surface area contributed by atoms with Crippen molar-refractivity contribution in [1.29, 1.82) is 0 Å². The smallest absolute Gasteiger partial charge is 0.0641 e. The molecule has 1 saturated heterocycles. The maximum absolute atomic E-state index is 4.55. The highest BCUT2D eigenvalue weighted by Gasteiger charge is 2.32. The molecule has 0 aromatic carbocycles. The summed E-state index contributed by atoms with van der Waals surface area (Å²) < 4.78 is 2.02. The Morgan fingerprint density at radius 2 is 2.11 bits per heavy atom. The first-order valence-corrected chi connectivity index (χ1v) is 7.61. The maximum Gasteiger partial charge on any atom is 0.0641 e. The van der Waals surface area contributed by atoms with E-state index in [9.17, 15) is 0 Å². The Kier molecular flexibility index (Phi) is 3.63. The fraction of sp³-hybridized carbons (Fsp3) is 0.800. The molecule has 0 amide bonds. The van der Waals surface area contributed by atoms with Gasteiger partial charge in [0.15, 0.2) is 0 Å². The Bertz CT molecular complexity index is 441. The van der Waals surface area contributed by atoms with Gasteiger partial charge in [0.05, 0.1) is 5.69 Å². The molecule has 1 atom stereocenters. The van der Waals surface area contributed by atoms with Crippen LogP contribution in [0.3, 0.4) is 0 Å². The van der Waals surface area contributed by atoms with E-state index in [1.165, 1.54) is 55.7 Å². The van der Waals surface area contributed by atoms with E-state index in [-0.39, 0.29) is 0 Å². The summed E-state index contributed by atoms with van der Waals surface area (Å²) in [5, 5.41) is 8.18. The van der Waals surface area contributed by atoms with Gasteiger partial charge in [0, 0.05) is 43.5 Å². The van der Waals surface area contributed by atoms with Gasteiger partial charge in [-0.25, -0.2) is 0 Å². The van der Waals surface area contributed by atoms with Crippen LogP contribution in [0, 0.1) is 13.8 Å². The molecule has 0 radical (unpaired) electrons. The Morgan fingerprint density at radius 3 is 2.63 bits per heavy atom. The summed E-state index contributed by atoms with van der Waals surface area (Å²) in [6, 6.07) is 1.53. The third-order valence-corrected chi connectivity index (χ3v) is 4.70. The highest BCUT2D eigenvalue weighted by Crippen LogP contribution is 2.30. The van der Waals surface area contributed by atoms with Crippen molar-refractivity contribution < 1.29 is 0 Å². The highest BCUT2D eigenvalue weighted by atomic mass is 15.3. The normalized spacial score (nSPS) is 23.5. The lowest BCUT2D eigenvalue weighted by Gasteiger charge is -2.25. The monoisotopic (exact) mass is 262 g/mol. The highest BCUT2D eigenvalue weighted by molar-refractivity contribution is 5.24. The molecule has 1 saturated carbocycles. The van der Waals surface area contributed by atoms with Crippen molar-refractivity contribution in [3.8, 4) is 0 Å². The van der Waals surface area contributed by atoms with Crippen molar-refractivity contribution in [3.63, 3.8) is 0 Å². The minimum Gasteiger partial charge on any atom is -0.313 e. The Labute approximate surface area is 116 Å². The van der Waals surface area contributed by atoms with Gasteiger partial charge in [-0.1, -0.05) is 0 Å². The van der Waals surface area contributed by atoms with E-state index in [0.29, 0.717) is 6.04 Å². The second kappa shape index (κ2) is 5.25. The van der Waals surface area contributed by atoms with Crippen LogP contribution in [0.2, 0.25) is 0 Å². The zero-order chi connectivity index (χ0) is 13.4. The molecule has 106 valence electrons. The minimum absolute atomic E-state index is 0.706. The van der Waals surface area contributed by atoms with E-state index in [0.717, 1.165) is 12.6 Å². The quantitative estimate of drug-likeness (QED) is 0.877. The summed E-state index contributed by atoms with van der Waals surface area (Å²) >= 11 is 0. The van der Waals surface area contributed by atoms with Gasteiger partial charge >= 0.3 is 0 Å². The summed E-state index contributed by atoms with van der Waals surface area (Å²) in [7, 11) is 2.05. The van der Waals surface area contributed by atoms with E-state index >= 15 is 0 Å². The summed E-state index contributed by atoms with van der Waals surface area (Å²) in [5.41, 5.74) is 3.96. The molecule has 4 nitrogen and oxygen atoms in total. The lowest BCUT2D eigenvalue weighted by atomic mass is 10.1. The summed E-state index contributed by atoms with van der Waals surface area (Å²) in [6.07, 6.45) is 5.44. The lowest BCUT2D eigenvalue weighted by molar-refractivity contribution is 0.230. The average Bonchev–Trinajstić information content (AvgIpc) is 3.05. The second-order valence-corrected chi connectivity index (χ2v) is 6.23. The van der Waals surface area contributed by atoms with Gasteiger partial charge in [0.25, 0.3) is 0 Å². The van der Waals surface area contributed by atoms with Gasteiger partial charge < -0.3 is 5.32 Å². The van der Waals surface area contributed by atoms with Gasteiger partial charge in [0.1, 0.15) is 0 Å². The molecular weight excluding hydrogens is 236 g/mol. The topological polar surface area (TPSA) is 33.1 Å². The first kappa shape index (κ1) is 13.1. The SMILES string of the molecule is Cc1nn(C)c(C)c1CN(CC1CCCN1)C1CC1. The van der Waals surface area contributed by atoms with Crippen LogP contribution in [0.4, 0.5) is 0 Å². The number of nitrogens with one attached hydrogen (secondary N) is 1. The Balaban J connectivity index is 1.70. The van der Waals surface area contributed by atoms with Crippen molar-refractivity contribution >= 4 is 0 Å². The predicted octanol–water partition coefficient (Wildman–Crippen LogP) is 1.75. The van der Waals surface area contributed by atoms with E-state index < -0.39 is 0 Å². The van der Waals surface area contributed by atoms with E-state index in [2.05, 4.69) is 29.2 Å². The van der Waals surface area contributed by atoms with Crippen molar-refractivity contribution in [2.24, 2.45) is 7.05 Å². The molecule has 0 bridgehead atoms. The number of aryl methyl sites for hydroxylation is 2. The summed E-state index contributed by atoms with van der Waals surface area (Å²) in [4.78, 5) is 2.68. The summed E-state index contributed by atoms with van der Waals surface area (Å²) in [6.45, 7) is 7.82. The van der Waals surface area contributed by atoms with Gasteiger partial charge in [-0.15, -0.1) is 0 Å². The molecule has 1 aliphatic heterocycles. The zero-order valence-corrected chi connectivity index (χ0v) is 12.4. The third-order valence-electron chi connectivity index (χ3n) is 4.70. The van der Waals surface area contributed by atoms with Crippen LogP contribution in [0.5, 0.6) is 0 Å². The minimum atomic E-state index is 0.706. The Morgan fingerprint density at radius 1 is 1.32 bits per heavy atom. The van der Waals surface area contributed by atoms with Crippen LogP contribution in [0.25, 0.3) is 0 Å². The largest absolute Gasteiger partial charge is 0.313 e. The molecule has 1 N–H and O–H groups in total. The van der Waals surface area contributed by atoms with Gasteiger partial charge in [0.2, 0.25) is 0 Å². The van der Waals surface area contributed by atoms with Crippen molar-refractivity contribution in [2.45, 2.75) is 58.2 Å². The molecule has 4 heteroatoms. The maximum atomic E-state index is 4.55. The van der Waals surface area contributed by atoms with Gasteiger partial charge in [-0.05, 0) is 46.1 Å². The molecule has 1 aromatic rings. The standard InChI is InChI=1S/C15H26N4/c1-11-15(12(2)18(3)17-11)10-19(14-6-7-14)9-13-5-4-8-16-13/h13-14,16H,4-10H2,1-3H3. The fourth-order valence-corrected chi connectivity index (χ4v) is 3.23. The molecule has 2 heterocycles. The van der Waals surface area contributed by atoms with Gasteiger partial charge in [-0.3, -0.25) is 9.58 Å². The number of hydrogen-bond acceptors (Lipinski definition) is 3. The van der Waals surface area contributed by atoms with Gasteiger partial charge in [-0.2, -0.15) is 5.10 Å². The first-order chi connectivity index (χ1) is 9.15. The van der Waals surface area contributed by atoms with Crippen molar-refractivity contribution in [2.75, 3.05) is 13.1 Å². The van der Waals surface area contributed by atoms with Crippen molar-refractivity contribution in [1.82, 2.24) is 20.0 Å². The van der Waals surface area contributed by atoms with Crippen LogP contribution in [-0.2, 0) is 13.6 Å². The fourth-order valence-electron chi connectivity index (χ4n) is 3.23. The number of nitrogens with zero attached hydrogens (tertiary/aromatic N) is 3. The molecule has 2 aliphatic rings. The molecule has 1 unspecified atom stereocenters. The molecule has 1 aromatic heterocycles. The molecule has 3 rings (SSSR count). The molecule has 1 aliphatic carbocycles. The zero-order valence-electron chi connectivity index (χ0n) is 12.4. The van der Waals surface area contributed by atoms with Crippen LogP contribution < -0.4 is 5.32 Å². The van der Waals surface area contributed by atoms with Crippen LogP contribution >= 0.6 is 0 Å². The van der Waals surface area contributed by atoms with Crippen LogP contribution in [-0.4, -0.2) is 39.9 Å². The number of rotatable bonds is 5. The third kappa shape index (κ3) is 2.84. The van der Waals surface area contributed by atoms with Crippen LogP contribution in [0.15, 0.2) is 0 Å². The molecule has 2 fully saturated rings. The van der Waals surface area contributed by atoms with E-state index in [4.69, 9.17) is 0 Å². The molecular formula is C15H26N4. The average molecular weight is 262 g/mol. The van der Waals surface area contributed by atoms with Crippen molar-refractivity contribution in [3.05, 3.63) is 17.0 Å². The molecule has 0 spiro atoms. The molecule has 19 heavy (non-hydrogen) atoms. The number of aromatic nitrogens is 2. The lowest BCUT2D eigenvalue weighted by Crippen LogP contribution is -2.38. The van der Waals surface area contributed by atoms with Crippen LogP contribution in [0.1, 0.15) is 42.6 Å². The Hall–Kier alpha value is -0.870. The number of hydrogen-bond donors (Lipinski definition) is 1.